The number of rotatable bonds is 14. The Balaban J connectivity index is 1.33. The molecule has 4 atom stereocenters. The zero-order chi connectivity index (χ0) is 42.7. The molecule has 6 aromatic rings. The average molecular weight is 830 g/mol. The van der Waals surface area contributed by atoms with Gasteiger partial charge in [-0.1, -0.05) is 93.6 Å². The number of fused-ring (bicyclic) bond motifs is 1. The minimum atomic E-state index is -2.58. The summed E-state index contributed by atoms with van der Waals surface area (Å²) in [5.74, 6) is 0.773. The van der Waals surface area contributed by atoms with Crippen LogP contribution in [0.15, 0.2) is 122 Å². The van der Waals surface area contributed by atoms with Crippen LogP contribution in [0.3, 0.4) is 0 Å². The van der Waals surface area contributed by atoms with Crippen LogP contribution in [-0.2, 0) is 29.0 Å². The largest absolute Gasteiger partial charge is 0.497 e. The van der Waals surface area contributed by atoms with Crippen LogP contribution in [-0.4, -0.2) is 78.9 Å². The Morgan fingerprint density at radius 3 is 1.88 bits per heavy atom. The van der Waals surface area contributed by atoms with Crippen molar-refractivity contribution in [3.05, 3.63) is 144 Å². The van der Waals surface area contributed by atoms with Crippen molar-refractivity contribution in [1.29, 1.82) is 0 Å². The van der Waals surface area contributed by atoms with E-state index >= 15 is 0 Å². The topological polar surface area (TPSA) is 145 Å². The zero-order valence-electron chi connectivity index (χ0n) is 35.1. The molecule has 0 bridgehead atoms. The molecule has 1 amide bonds. The van der Waals surface area contributed by atoms with Gasteiger partial charge in [-0.2, -0.15) is 0 Å². The molecule has 60 heavy (non-hydrogen) atoms. The SMILES string of the molecule is COc1ccc(C(OCC2OC(n3cnc4c(NC(=O)c5ccccc5)ncnc43)C(O[Si](C)(C)C(C)(C)C)C2OC(C)=O)(c2ccccc2)c2ccc(OC)cc2)cc1. The molecule has 14 heteroatoms. The van der Waals surface area contributed by atoms with Crippen LogP contribution < -0.4 is 14.8 Å². The van der Waals surface area contributed by atoms with E-state index in [2.05, 4.69) is 54.1 Å². The molecule has 1 saturated heterocycles. The molecule has 1 fully saturated rings. The van der Waals surface area contributed by atoms with Crippen molar-refractivity contribution in [2.75, 3.05) is 26.1 Å². The fraction of sp³-hybridized carbons (Fsp3) is 0.326. The van der Waals surface area contributed by atoms with Gasteiger partial charge in [0.25, 0.3) is 5.91 Å². The van der Waals surface area contributed by atoms with Crippen LogP contribution in [0.5, 0.6) is 11.5 Å². The highest BCUT2D eigenvalue weighted by Crippen LogP contribution is 2.46. The summed E-state index contributed by atoms with van der Waals surface area (Å²) in [5.41, 5.74) is 2.54. The maximum atomic E-state index is 13.2. The highest BCUT2D eigenvalue weighted by Gasteiger charge is 2.54. The first kappa shape index (κ1) is 42.2. The van der Waals surface area contributed by atoms with Crippen molar-refractivity contribution in [2.24, 2.45) is 0 Å². The number of nitrogens with zero attached hydrogens (tertiary/aromatic N) is 4. The van der Waals surface area contributed by atoms with Gasteiger partial charge in [-0.3, -0.25) is 14.2 Å². The molecule has 0 spiro atoms. The third-order valence-electron chi connectivity index (χ3n) is 11.4. The number of aromatic nitrogens is 4. The van der Waals surface area contributed by atoms with E-state index in [-0.39, 0.29) is 23.4 Å². The normalized spacial score (nSPS) is 18.3. The van der Waals surface area contributed by atoms with Gasteiger partial charge in [0.05, 0.1) is 27.2 Å². The van der Waals surface area contributed by atoms with Gasteiger partial charge in [-0.05, 0) is 71.2 Å². The summed E-state index contributed by atoms with van der Waals surface area (Å²) in [6.45, 7) is 12.0. The summed E-state index contributed by atoms with van der Waals surface area (Å²) in [6.07, 6.45) is -0.513. The zero-order valence-corrected chi connectivity index (χ0v) is 36.1. The Labute approximate surface area is 351 Å². The van der Waals surface area contributed by atoms with Crippen molar-refractivity contribution in [1.82, 2.24) is 19.5 Å². The maximum absolute atomic E-state index is 13.2. The van der Waals surface area contributed by atoms with E-state index in [4.69, 9.17) is 28.1 Å². The van der Waals surface area contributed by atoms with Gasteiger partial charge in [0.2, 0.25) is 0 Å². The molecule has 1 aliphatic rings. The summed E-state index contributed by atoms with van der Waals surface area (Å²) < 4.78 is 40.5. The predicted molar refractivity (Wildman–Crippen MR) is 230 cm³/mol. The lowest BCUT2D eigenvalue weighted by molar-refractivity contribution is -0.155. The van der Waals surface area contributed by atoms with Crippen LogP contribution in [0.25, 0.3) is 11.2 Å². The number of esters is 1. The fourth-order valence-electron chi connectivity index (χ4n) is 7.22. The summed E-state index contributed by atoms with van der Waals surface area (Å²) in [7, 11) is 0.674. The minimum absolute atomic E-state index is 0.0429. The van der Waals surface area contributed by atoms with Gasteiger partial charge < -0.3 is 33.4 Å². The monoisotopic (exact) mass is 829 g/mol. The van der Waals surface area contributed by atoms with E-state index in [1.54, 1.807) is 49.4 Å². The number of anilines is 1. The molecule has 0 saturated carbocycles. The second-order valence-corrected chi connectivity index (χ2v) is 20.9. The Morgan fingerprint density at radius 2 is 1.33 bits per heavy atom. The Bertz CT molecular complexity index is 2360. The molecule has 1 aliphatic heterocycles. The summed E-state index contributed by atoms with van der Waals surface area (Å²) >= 11 is 0. The summed E-state index contributed by atoms with van der Waals surface area (Å²) in [5, 5.41) is 2.66. The maximum Gasteiger partial charge on any atom is 0.303 e. The highest BCUT2D eigenvalue weighted by atomic mass is 28.4. The number of carbonyl (C=O) groups excluding carboxylic acids is 2. The number of carbonyl (C=O) groups is 2. The molecule has 4 unspecified atom stereocenters. The van der Waals surface area contributed by atoms with Crippen molar-refractivity contribution < 1.29 is 37.7 Å². The van der Waals surface area contributed by atoms with Crippen molar-refractivity contribution in [3.63, 3.8) is 0 Å². The highest BCUT2D eigenvalue weighted by molar-refractivity contribution is 6.74. The quantitative estimate of drug-likeness (QED) is 0.0643. The van der Waals surface area contributed by atoms with E-state index in [1.807, 2.05) is 84.9 Å². The molecular weight excluding hydrogens is 779 g/mol. The third-order valence-corrected chi connectivity index (χ3v) is 15.8. The van der Waals surface area contributed by atoms with Crippen LogP contribution >= 0.6 is 0 Å². The molecule has 4 aromatic carbocycles. The lowest BCUT2D eigenvalue weighted by Crippen LogP contribution is -2.50. The molecule has 2 aromatic heterocycles. The Morgan fingerprint density at radius 1 is 0.767 bits per heavy atom. The van der Waals surface area contributed by atoms with E-state index in [0.29, 0.717) is 28.2 Å². The van der Waals surface area contributed by atoms with E-state index < -0.39 is 44.4 Å². The van der Waals surface area contributed by atoms with Crippen molar-refractivity contribution >= 4 is 37.2 Å². The number of imidazole rings is 1. The smallest absolute Gasteiger partial charge is 0.303 e. The second kappa shape index (κ2) is 17.3. The number of nitrogens with one attached hydrogen (secondary N) is 1. The number of hydrogen-bond acceptors (Lipinski definition) is 11. The van der Waals surface area contributed by atoms with E-state index in [9.17, 15) is 9.59 Å². The van der Waals surface area contributed by atoms with Gasteiger partial charge in [-0.15, -0.1) is 0 Å². The average Bonchev–Trinajstić information content (AvgIpc) is 3.82. The van der Waals surface area contributed by atoms with Crippen LogP contribution in [0.2, 0.25) is 18.1 Å². The van der Waals surface area contributed by atoms with Gasteiger partial charge in [-0.25, -0.2) is 15.0 Å². The van der Waals surface area contributed by atoms with Crippen LogP contribution in [0.4, 0.5) is 5.82 Å². The molecule has 3 heterocycles. The van der Waals surface area contributed by atoms with Crippen LogP contribution in [0, 0.1) is 0 Å². The fourth-order valence-corrected chi connectivity index (χ4v) is 8.51. The number of benzene rings is 4. The molecule has 7 rings (SSSR count). The summed E-state index contributed by atoms with van der Waals surface area (Å²) in [6, 6.07) is 34.3. The van der Waals surface area contributed by atoms with Crippen molar-refractivity contribution in [2.45, 2.75) is 76.0 Å². The predicted octanol–water partition coefficient (Wildman–Crippen LogP) is 8.32. The molecule has 0 aliphatic carbocycles. The Kier molecular flexibility index (Phi) is 12.2. The lowest BCUT2D eigenvalue weighted by atomic mass is 9.80. The third kappa shape index (κ3) is 8.41. The molecule has 0 radical (unpaired) electrons. The van der Waals surface area contributed by atoms with Gasteiger partial charge in [0.1, 0.15) is 35.6 Å². The first-order valence-electron chi connectivity index (χ1n) is 19.8. The van der Waals surface area contributed by atoms with Crippen LogP contribution in [0.1, 0.15) is 61.0 Å². The molecule has 13 nitrogen and oxygen atoms in total. The number of ether oxygens (including phenoxy) is 5. The van der Waals surface area contributed by atoms with Gasteiger partial charge >= 0.3 is 5.97 Å². The molecule has 312 valence electrons. The first-order chi connectivity index (χ1) is 28.8. The summed E-state index contributed by atoms with van der Waals surface area (Å²) in [4.78, 5) is 39.9. The standard InChI is InChI=1S/C46H51N5O8Si/c1-30(52)57-39-37(27-56-46(32-17-13-10-14-18-32,33-19-23-35(54-5)24-20-33)34-21-25-36(55-6)26-22-34)58-44(40(39)59-60(7,8)45(2,3)4)51-29-49-38-41(47-28-48-42(38)51)50-43(53)31-15-11-9-12-16-31/h9-26,28-29,37,39-40,44H,27H2,1-8H3,(H,47,48,50,53). The number of methoxy groups -OCH3 is 2. The van der Waals surface area contributed by atoms with E-state index in [0.717, 1.165) is 16.7 Å². The first-order valence-corrected chi connectivity index (χ1v) is 22.7. The second-order valence-electron chi connectivity index (χ2n) is 16.2. The number of hydrogen-bond donors (Lipinski definition) is 1. The van der Waals surface area contributed by atoms with Gasteiger partial charge in [0.15, 0.2) is 37.6 Å². The van der Waals surface area contributed by atoms with Gasteiger partial charge in [0, 0.05) is 12.5 Å². The van der Waals surface area contributed by atoms with E-state index in [1.165, 1.54) is 13.3 Å². The minimum Gasteiger partial charge on any atom is -0.497 e. The molecule has 1 N–H and O–H groups in total. The molecular formula is C46H51N5O8Si. The Hall–Kier alpha value is -5.93. The lowest BCUT2D eigenvalue weighted by Gasteiger charge is -2.40. The number of amides is 1. The van der Waals surface area contributed by atoms with Crippen molar-refractivity contribution in [3.8, 4) is 11.5 Å².